The number of carboxylic acid groups (broad SMARTS) is 1. The van der Waals surface area contributed by atoms with Gasteiger partial charge in [0.25, 0.3) is 5.91 Å². The largest absolute Gasteiger partial charge is 0.480 e. The van der Waals surface area contributed by atoms with Crippen molar-refractivity contribution >= 4 is 29.4 Å². The van der Waals surface area contributed by atoms with E-state index in [4.69, 9.17) is 5.11 Å². The molecule has 108 valence electrons. The number of aliphatic carboxylic acids is 1. The molecule has 0 saturated heterocycles. The second-order valence-corrected chi connectivity index (χ2v) is 5.26. The molecule has 0 heterocycles. The minimum absolute atomic E-state index is 0.0830. The first kappa shape index (κ1) is 16.2. The lowest BCUT2D eigenvalue weighted by atomic mass is 10.1. The molecule has 1 aromatic rings. The standard InChI is InChI=1S/C14H17NO4S/c1-9(16)10-3-5-11(6-4-10)13(17)15-12(14(18)19)7-8-20-2/h3-6,12H,7-8H2,1-2H3,(H,15,17)(H,18,19). The summed E-state index contributed by atoms with van der Waals surface area (Å²) in [7, 11) is 0. The van der Waals surface area contributed by atoms with Crippen molar-refractivity contribution in [3.05, 3.63) is 35.4 Å². The van der Waals surface area contributed by atoms with E-state index < -0.39 is 17.9 Å². The summed E-state index contributed by atoms with van der Waals surface area (Å²) in [4.78, 5) is 34.1. The third-order valence-electron chi connectivity index (χ3n) is 2.77. The van der Waals surface area contributed by atoms with Gasteiger partial charge in [0.15, 0.2) is 5.78 Å². The van der Waals surface area contributed by atoms with Crippen molar-refractivity contribution in [2.75, 3.05) is 12.0 Å². The summed E-state index contributed by atoms with van der Waals surface area (Å²) in [6.45, 7) is 1.44. The van der Waals surface area contributed by atoms with Crippen LogP contribution in [-0.2, 0) is 4.79 Å². The van der Waals surface area contributed by atoms with Crippen LogP contribution in [0.3, 0.4) is 0 Å². The predicted octanol–water partition coefficient (Wildman–Crippen LogP) is 1.83. The highest BCUT2D eigenvalue weighted by molar-refractivity contribution is 7.98. The van der Waals surface area contributed by atoms with E-state index in [-0.39, 0.29) is 5.78 Å². The number of hydrogen-bond acceptors (Lipinski definition) is 4. The van der Waals surface area contributed by atoms with Gasteiger partial charge in [-0.3, -0.25) is 9.59 Å². The van der Waals surface area contributed by atoms with Crippen molar-refractivity contribution in [2.45, 2.75) is 19.4 Å². The van der Waals surface area contributed by atoms with Crippen LogP contribution in [0.4, 0.5) is 0 Å². The Balaban J connectivity index is 2.73. The smallest absolute Gasteiger partial charge is 0.326 e. The maximum Gasteiger partial charge on any atom is 0.326 e. The van der Waals surface area contributed by atoms with E-state index in [1.165, 1.54) is 30.8 Å². The summed E-state index contributed by atoms with van der Waals surface area (Å²) < 4.78 is 0. The Bertz CT molecular complexity index is 498. The van der Waals surface area contributed by atoms with Crippen molar-refractivity contribution in [3.8, 4) is 0 Å². The average Bonchev–Trinajstić information content (AvgIpc) is 2.42. The molecule has 0 spiro atoms. The molecule has 0 fully saturated rings. The van der Waals surface area contributed by atoms with E-state index in [0.29, 0.717) is 23.3 Å². The Hall–Kier alpha value is -1.82. The maximum atomic E-state index is 11.9. The van der Waals surface area contributed by atoms with E-state index >= 15 is 0 Å². The van der Waals surface area contributed by atoms with Gasteiger partial charge in [0.05, 0.1) is 0 Å². The number of carboxylic acids is 1. The lowest BCUT2D eigenvalue weighted by Crippen LogP contribution is -2.41. The fraction of sp³-hybridized carbons (Fsp3) is 0.357. The van der Waals surface area contributed by atoms with Crippen molar-refractivity contribution < 1.29 is 19.5 Å². The van der Waals surface area contributed by atoms with Crippen LogP contribution in [0.5, 0.6) is 0 Å². The Kier molecular flexibility index (Phi) is 6.24. The minimum Gasteiger partial charge on any atom is -0.480 e. The van der Waals surface area contributed by atoms with Crippen molar-refractivity contribution in [1.82, 2.24) is 5.32 Å². The number of carbonyl (C=O) groups is 3. The monoisotopic (exact) mass is 295 g/mol. The van der Waals surface area contributed by atoms with E-state index in [2.05, 4.69) is 5.32 Å². The molecule has 2 N–H and O–H groups in total. The molecule has 0 bridgehead atoms. The first-order chi connectivity index (χ1) is 9.45. The maximum absolute atomic E-state index is 11.9. The van der Waals surface area contributed by atoms with Crippen LogP contribution in [-0.4, -0.2) is 40.8 Å². The molecule has 1 rings (SSSR count). The average molecular weight is 295 g/mol. The van der Waals surface area contributed by atoms with Crippen LogP contribution in [0.15, 0.2) is 24.3 Å². The molecule has 0 radical (unpaired) electrons. The highest BCUT2D eigenvalue weighted by atomic mass is 32.2. The molecular formula is C14H17NO4S. The van der Waals surface area contributed by atoms with Crippen molar-refractivity contribution in [2.24, 2.45) is 0 Å². The van der Waals surface area contributed by atoms with Gasteiger partial charge in [0.1, 0.15) is 6.04 Å². The second kappa shape index (κ2) is 7.69. The SMILES string of the molecule is CSCCC(NC(=O)c1ccc(C(C)=O)cc1)C(=O)O. The van der Waals surface area contributed by atoms with Crippen LogP contribution < -0.4 is 5.32 Å². The topological polar surface area (TPSA) is 83.5 Å². The number of ketones is 1. The molecule has 20 heavy (non-hydrogen) atoms. The molecule has 5 nitrogen and oxygen atoms in total. The lowest BCUT2D eigenvalue weighted by molar-refractivity contribution is -0.139. The summed E-state index contributed by atoms with van der Waals surface area (Å²) in [5, 5.41) is 11.5. The molecule has 0 aliphatic rings. The van der Waals surface area contributed by atoms with Crippen molar-refractivity contribution in [3.63, 3.8) is 0 Å². The minimum atomic E-state index is -1.05. The van der Waals surface area contributed by atoms with Gasteiger partial charge in [-0.05, 0) is 37.5 Å². The van der Waals surface area contributed by atoms with Gasteiger partial charge >= 0.3 is 5.97 Å². The Morgan fingerprint density at radius 3 is 2.20 bits per heavy atom. The lowest BCUT2D eigenvalue weighted by Gasteiger charge is -2.14. The molecule has 1 amide bonds. The Labute approximate surface area is 121 Å². The molecule has 0 aliphatic heterocycles. The number of rotatable bonds is 7. The van der Waals surface area contributed by atoms with Crippen LogP contribution in [0.1, 0.15) is 34.1 Å². The number of nitrogens with one attached hydrogen (secondary N) is 1. The van der Waals surface area contributed by atoms with Crippen LogP contribution >= 0.6 is 11.8 Å². The van der Waals surface area contributed by atoms with Crippen LogP contribution in [0.25, 0.3) is 0 Å². The zero-order valence-electron chi connectivity index (χ0n) is 11.4. The third kappa shape index (κ3) is 4.70. The van der Waals surface area contributed by atoms with Gasteiger partial charge in [-0.25, -0.2) is 4.79 Å². The molecule has 1 atom stereocenters. The first-order valence-electron chi connectivity index (χ1n) is 6.09. The molecule has 1 aromatic carbocycles. The Morgan fingerprint density at radius 2 is 1.75 bits per heavy atom. The van der Waals surface area contributed by atoms with Gasteiger partial charge in [0.2, 0.25) is 0 Å². The fourth-order valence-corrected chi connectivity index (χ4v) is 2.06. The van der Waals surface area contributed by atoms with Crippen molar-refractivity contribution in [1.29, 1.82) is 0 Å². The number of amides is 1. The van der Waals surface area contributed by atoms with Gasteiger partial charge in [0, 0.05) is 11.1 Å². The quantitative estimate of drug-likeness (QED) is 0.750. The summed E-state index contributed by atoms with van der Waals surface area (Å²) in [6, 6.07) is 5.23. The predicted molar refractivity (Wildman–Crippen MR) is 78.3 cm³/mol. The normalized spacial score (nSPS) is 11.7. The summed E-state index contributed by atoms with van der Waals surface area (Å²) in [5.74, 6) is -0.928. The Morgan fingerprint density at radius 1 is 1.20 bits per heavy atom. The molecule has 6 heteroatoms. The summed E-state index contributed by atoms with van der Waals surface area (Å²) in [5.41, 5.74) is 0.851. The number of thioether (sulfide) groups is 1. The summed E-state index contributed by atoms with van der Waals surface area (Å²) >= 11 is 1.52. The highest BCUT2D eigenvalue weighted by Crippen LogP contribution is 2.07. The van der Waals surface area contributed by atoms with Crippen LogP contribution in [0, 0.1) is 0 Å². The molecule has 0 aromatic heterocycles. The van der Waals surface area contributed by atoms with E-state index in [1.807, 2.05) is 6.26 Å². The van der Waals surface area contributed by atoms with E-state index in [1.54, 1.807) is 12.1 Å². The van der Waals surface area contributed by atoms with E-state index in [9.17, 15) is 14.4 Å². The number of hydrogen-bond donors (Lipinski definition) is 2. The van der Waals surface area contributed by atoms with Crippen LogP contribution in [0.2, 0.25) is 0 Å². The van der Waals surface area contributed by atoms with Gasteiger partial charge in [-0.15, -0.1) is 0 Å². The van der Waals surface area contributed by atoms with Gasteiger partial charge in [-0.2, -0.15) is 11.8 Å². The zero-order valence-corrected chi connectivity index (χ0v) is 12.2. The van der Waals surface area contributed by atoms with Gasteiger partial charge in [-0.1, -0.05) is 12.1 Å². The first-order valence-corrected chi connectivity index (χ1v) is 7.48. The summed E-state index contributed by atoms with van der Waals surface area (Å²) in [6.07, 6.45) is 2.25. The number of carbonyl (C=O) groups excluding carboxylic acids is 2. The number of Topliss-reactive ketones (excluding diaryl/α,β-unsaturated/α-hetero) is 1. The fourth-order valence-electron chi connectivity index (χ4n) is 1.59. The third-order valence-corrected chi connectivity index (χ3v) is 3.41. The van der Waals surface area contributed by atoms with E-state index in [0.717, 1.165) is 0 Å². The highest BCUT2D eigenvalue weighted by Gasteiger charge is 2.20. The number of benzene rings is 1. The molecule has 0 aliphatic carbocycles. The van der Waals surface area contributed by atoms with Gasteiger partial charge < -0.3 is 10.4 Å². The molecule has 1 unspecified atom stereocenters. The molecule has 0 saturated carbocycles. The molecular weight excluding hydrogens is 278 g/mol. The zero-order chi connectivity index (χ0) is 15.1. The second-order valence-electron chi connectivity index (χ2n) is 4.28.